The number of nitriles is 1. The lowest BCUT2D eigenvalue weighted by molar-refractivity contribution is 0.639. The van der Waals surface area contributed by atoms with Crippen molar-refractivity contribution < 1.29 is 0 Å². The maximum Gasteiger partial charge on any atom is 0.255 e. The second-order valence-corrected chi connectivity index (χ2v) is 5.12. The lowest BCUT2D eigenvalue weighted by Crippen LogP contribution is -2.22. The van der Waals surface area contributed by atoms with Gasteiger partial charge in [-0.1, -0.05) is 11.8 Å². The summed E-state index contributed by atoms with van der Waals surface area (Å²) in [5.74, 6) is 0.801. The SMILES string of the molecule is N#CCSc1nnc2[nH]c(=O)c3c(n12)CCCC3. The molecule has 0 saturated heterocycles. The van der Waals surface area contributed by atoms with Crippen molar-refractivity contribution in [1.29, 1.82) is 5.26 Å². The zero-order valence-electron chi connectivity index (χ0n) is 9.64. The second-order valence-electron chi connectivity index (χ2n) is 4.17. The molecule has 0 spiro atoms. The van der Waals surface area contributed by atoms with E-state index in [1.54, 1.807) is 0 Å². The van der Waals surface area contributed by atoms with Crippen LogP contribution in [-0.4, -0.2) is 25.3 Å². The van der Waals surface area contributed by atoms with Crippen LogP contribution in [0.25, 0.3) is 5.78 Å². The number of rotatable bonds is 2. The number of fused-ring (bicyclic) bond motifs is 3. The molecule has 0 fully saturated rings. The van der Waals surface area contributed by atoms with Crippen molar-refractivity contribution in [1.82, 2.24) is 19.6 Å². The van der Waals surface area contributed by atoms with Gasteiger partial charge in [0.05, 0.1) is 11.8 Å². The van der Waals surface area contributed by atoms with E-state index in [9.17, 15) is 4.79 Å². The van der Waals surface area contributed by atoms with Crippen molar-refractivity contribution in [3.8, 4) is 6.07 Å². The Kier molecular flexibility index (Phi) is 2.80. The smallest absolute Gasteiger partial charge is 0.255 e. The van der Waals surface area contributed by atoms with Crippen LogP contribution < -0.4 is 5.56 Å². The number of nitrogens with zero attached hydrogens (tertiary/aromatic N) is 4. The molecule has 7 heteroatoms. The second kappa shape index (κ2) is 4.46. The van der Waals surface area contributed by atoms with Crippen LogP contribution in [0.15, 0.2) is 9.95 Å². The van der Waals surface area contributed by atoms with Crippen molar-refractivity contribution in [2.45, 2.75) is 30.8 Å². The lowest BCUT2D eigenvalue weighted by Gasteiger charge is -2.16. The molecule has 0 aliphatic heterocycles. The van der Waals surface area contributed by atoms with Crippen LogP contribution in [0.2, 0.25) is 0 Å². The predicted molar refractivity (Wildman–Crippen MR) is 66.6 cm³/mol. The number of hydrogen-bond donors (Lipinski definition) is 1. The number of hydrogen-bond acceptors (Lipinski definition) is 5. The van der Waals surface area contributed by atoms with E-state index >= 15 is 0 Å². The largest absolute Gasteiger partial charge is 0.290 e. The number of thioether (sulfide) groups is 1. The Morgan fingerprint density at radius 2 is 2.22 bits per heavy atom. The third-order valence-electron chi connectivity index (χ3n) is 3.11. The van der Waals surface area contributed by atoms with Crippen LogP contribution in [0, 0.1) is 11.3 Å². The van der Waals surface area contributed by atoms with Gasteiger partial charge in [-0.3, -0.25) is 14.2 Å². The van der Waals surface area contributed by atoms with E-state index in [-0.39, 0.29) is 5.56 Å². The molecule has 1 aliphatic rings. The molecule has 1 aliphatic carbocycles. The average molecular weight is 261 g/mol. The fourth-order valence-electron chi connectivity index (χ4n) is 2.34. The van der Waals surface area contributed by atoms with Crippen LogP contribution in [0.5, 0.6) is 0 Å². The van der Waals surface area contributed by atoms with Crippen molar-refractivity contribution in [2.24, 2.45) is 0 Å². The Morgan fingerprint density at radius 3 is 3.06 bits per heavy atom. The summed E-state index contributed by atoms with van der Waals surface area (Å²) < 4.78 is 1.89. The number of H-pyrrole nitrogens is 1. The van der Waals surface area contributed by atoms with Crippen LogP contribution in [0.4, 0.5) is 0 Å². The Bertz CT molecular complexity index is 696. The van der Waals surface area contributed by atoms with Gasteiger partial charge in [-0.2, -0.15) is 5.26 Å². The quantitative estimate of drug-likeness (QED) is 0.812. The molecular weight excluding hydrogens is 250 g/mol. The molecule has 0 saturated carbocycles. The molecule has 92 valence electrons. The molecule has 1 N–H and O–H groups in total. The van der Waals surface area contributed by atoms with E-state index in [0.717, 1.165) is 36.9 Å². The Balaban J connectivity index is 2.23. The van der Waals surface area contributed by atoms with E-state index in [1.165, 1.54) is 11.8 Å². The monoisotopic (exact) mass is 261 g/mol. The summed E-state index contributed by atoms with van der Waals surface area (Å²) in [6.07, 6.45) is 3.80. The van der Waals surface area contributed by atoms with Crippen LogP contribution in [-0.2, 0) is 12.8 Å². The summed E-state index contributed by atoms with van der Waals surface area (Å²) in [6.45, 7) is 0. The van der Waals surface area contributed by atoms with Crippen LogP contribution in [0.1, 0.15) is 24.1 Å². The van der Waals surface area contributed by atoms with Gasteiger partial charge in [0.25, 0.3) is 5.56 Å². The molecule has 0 atom stereocenters. The normalized spacial score (nSPS) is 14.4. The van der Waals surface area contributed by atoms with Gasteiger partial charge in [0.15, 0.2) is 5.16 Å². The van der Waals surface area contributed by atoms with Crippen molar-refractivity contribution >= 4 is 17.5 Å². The minimum Gasteiger partial charge on any atom is -0.290 e. The van der Waals surface area contributed by atoms with Crippen molar-refractivity contribution in [2.75, 3.05) is 5.75 Å². The van der Waals surface area contributed by atoms with Crippen molar-refractivity contribution in [3.63, 3.8) is 0 Å². The number of nitrogens with one attached hydrogen (secondary N) is 1. The highest BCUT2D eigenvalue weighted by atomic mass is 32.2. The number of aromatic amines is 1. The third kappa shape index (κ3) is 1.69. The minimum atomic E-state index is -0.0542. The zero-order chi connectivity index (χ0) is 12.5. The fourth-order valence-corrected chi connectivity index (χ4v) is 2.96. The molecule has 18 heavy (non-hydrogen) atoms. The molecule has 0 aromatic carbocycles. The standard InChI is InChI=1S/C11H11N5OS/c12-5-6-18-11-15-14-10-13-9(17)7-3-1-2-4-8(7)16(10)11/h1-4,6H2,(H,13,14,17). The van der Waals surface area contributed by atoms with Gasteiger partial charge in [0, 0.05) is 11.3 Å². The van der Waals surface area contributed by atoms with Gasteiger partial charge < -0.3 is 0 Å². The van der Waals surface area contributed by atoms with E-state index in [1.807, 2.05) is 4.40 Å². The Labute approximate surface area is 107 Å². The predicted octanol–water partition coefficient (Wildman–Crippen LogP) is 0.912. The molecule has 3 rings (SSSR count). The third-order valence-corrected chi connectivity index (χ3v) is 3.90. The van der Waals surface area contributed by atoms with Gasteiger partial charge >= 0.3 is 0 Å². The summed E-state index contributed by atoms with van der Waals surface area (Å²) in [4.78, 5) is 14.7. The molecule has 6 nitrogen and oxygen atoms in total. The summed E-state index contributed by atoms with van der Waals surface area (Å²) in [7, 11) is 0. The van der Waals surface area contributed by atoms with Gasteiger partial charge in [-0.25, -0.2) is 0 Å². The Hall–Kier alpha value is -1.81. The summed E-state index contributed by atoms with van der Waals surface area (Å²) in [5, 5.41) is 17.3. The maximum absolute atomic E-state index is 11.9. The Morgan fingerprint density at radius 1 is 1.39 bits per heavy atom. The van der Waals surface area contributed by atoms with E-state index < -0.39 is 0 Å². The van der Waals surface area contributed by atoms with E-state index in [4.69, 9.17) is 5.26 Å². The molecule has 2 aromatic heterocycles. The highest BCUT2D eigenvalue weighted by molar-refractivity contribution is 7.99. The van der Waals surface area contributed by atoms with Gasteiger partial charge in [0.1, 0.15) is 0 Å². The first-order chi connectivity index (χ1) is 8.81. The highest BCUT2D eigenvalue weighted by Gasteiger charge is 2.19. The minimum absolute atomic E-state index is 0.0542. The molecule has 0 unspecified atom stereocenters. The van der Waals surface area contributed by atoms with Gasteiger partial charge in [-0.05, 0) is 25.7 Å². The van der Waals surface area contributed by atoms with Crippen LogP contribution >= 0.6 is 11.8 Å². The van der Waals surface area contributed by atoms with Gasteiger partial charge in [0.2, 0.25) is 5.78 Å². The molecule has 0 bridgehead atoms. The number of aromatic nitrogens is 4. The van der Waals surface area contributed by atoms with E-state index in [2.05, 4.69) is 21.3 Å². The van der Waals surface area contributed by atoms with Gasteiger partial charge in [-0.15, -0.1) is 10.2 Å². The topological polar surface area (TPSA) is 86.8 Å². The summed E-state index contributed by atoms with van der Waals surface area (Å²) in [6, 6.07) is 2.07. The fraction of sp³-hybridized carbons (Fsp3) is 0.455. The summed E-state index contributed by atoms with van der Waals surface area (Å²) >= 11 is 1.34. The van der Waals surface area contributed by atoms with Crippen molar-refractivity contribution in [3.05, 3.63) is 21.6 Å². The number of aryl methyl sites for hydroxylation is 1. The first-order valence-electron chi connectivity index (χ1n) is 5.80. The van der Waals surface area contributed by atoms with Crippen LogP contribution in [0.3, 0.4) is 0 Å². The molecule has 0 amide bonds. The summed E-state index contributed by atoms with van der Waals surface area (Å²) in [5.41, 5.74) is 1.79. The molecule has 0 radical (unpaired) electrons. The molecule has 2 heterocycles. The molecule has 2 aromatic rings. The molecular formula is C11H11N5OS. The van der Waals surface area contributed by atoms with E-state index in [0.29, 0.717) is 16.7 Å². The maximum atomic E-state index is 11.9. The lowest BCUT2D eigenvalue weighted by atomic mass is 9.97. The zero-order valence-corrected chi connectivity index (χ0v) is 10.5. The average Bonchev–Trinajstić information content (AvgIpc) is 2.80. The first-order valence-corrected chi connectivity index (χ1v) is 6.78. The first kappa shape index (κ1) is 11.3. The highest BCUT2D eigenvalue weighted by Crippen LogP contribution is 2.23.